The molecule has 0 aliphatic rings. The molecular formula is C12H26O2Si2. The smallest absolute Gasteiger partial charge is 0.320 e. The van der Waals surface area contributed by atoms with Crippen molar-refractivity contribution in [1.82, 2.24) is 0 Å². The van der Waals surface area contributed by atoms with Crippen molar-refractivity contribution in [1.29, 1.82) is 0 Å². The van der Waals surface area contributed by atoms with Gasteiger partial charge in [-0.05, 0) is 24.6 Å². The van der Waals surface area contributed by atoms with E-state index in [9.17, 15) is 4.79 Å². The molecule has 0 bridgehead atoms. The van der Waals surface area contributed by atoms with Crippen LogP contribution in [0.2, 0.25) is 24.2 Å². The molecule has 0 aliphatic carbocycles. The average Bonchev–Trinajstić information content (AvgIpc) is 2.32. The molecule has 0 amide bonds. The standard InChI is InChI=1S/C12H26O2Si2/c1-5-16(6-2,7-3)14-12(13)11(4)9-8-10-15/h4-10H2,1-3,15H3. The summed E-state index contributed by atoms with van der Waals surface area (Å²) < 4.78 is 5.76. The zero-order valence-corrected chi connectivity index (χ0v) is 14.3. The fraction of sp³-hybridized carbons (Fsp3) is 0.750. The lowest BCUT2D eigenvalue weighted by Gasteiger charge is -2.27. The summed E-state index contributed by atoms with van der Waals surface area (Å²) in [6, 6.07) is 4.27. The molecule has 0 unspecified atom stereocenters. The average molecular weight is 259 g/mol. The first-order chi connectivity index (χ1) is 7.55. The van der Waals surface area contributed by atoms with Gasteiger partial charge in [-0.15, -0.1) is 0 Å². The van der Waals surface area contributed by atoms with E-state index in [4.69, 9.17) is 4.43 Å². The third kappa shape index (κ3) is 4.66. The first-order valence-corrected chi connectivity index (χ1v) is 10.4. The lowest BCUT2D eigenvalue weighted by Crippen LogP contribution is -2.38. The molecule has 0 N–H and O–H groups in total. The minimum absolute atomic E-state index is 0.132. The highest BCUT2D eigenvalue weighted by atomic mass is 28.4. The molecular weight excluding hydrogens is 232 g/mol. The minimum Gasteiger partial charge on any atom is -0.516 e. The van der Waals surface area contributed by atoms with Crippen molar-refractivity contribution < 1.29 is 9.22 Å². The lowest BCUT2D eigenvalue weighted by atomic mass is 10.2. The van der Waals surface area contributed by atoms with E-state index in [2.05, 4.69) is 27.4 Å². The van der Waals surface area contributed by atoms with Crippen LogP contribution in [0, 0.1) is 0 Å². The zero-order valence-electron chi connectivity index (χ0n) is 11.3. The topological polar surface area (TPSA) is 26.3 Å². The van der Waals surface area contributed by atoms with E-state index in [1.165, 1.54) is 16.3 Å². The van der Waals surface area contributed by atoms with E-state index in [0.29, 0.717) is 5.57 Å². The van der Waals surface area contributed by atoms with Gasteiger partial charge < -0.3 is 4.43 Å². The molecule has 0 heterocycles. The van der Waals surface area contributed by atoms with E-state index in [1.807, 2.05) is 0 Å². The molecule has 94 valence electrons. The normalized spacial score (nSPS) is 11.4. The molecule has 0 saturated carbocycles. The van der Waals surface area contributed by atoms with Crippen LogP contribution in [0.1, 0.15) is 33.6 Å². The number of hydrogen-bond donors (Lipinski definition) is 0. The van der Waals surface area contributed by atoms with Gasteiger partial charge >= 0.3 is 5.97 Å². The summed E-state index contributed by atoms with van der Waals surface area (Å²) in [5.74, 6) is -0.132. The van der Waals surface area contributed by atoms with Crippen LogP contribution >= 0.6 is 0 Å². The molecule has 2 nitrogen and oxygen atoms in total. The molecule has 0 aromatic heterocycles. The molecule has 0 aliphatic heterocycles. The van der Waals surface area contributed by atoms with Crippen LogP contribution in [-0.2, 0) is 9.22 Å². The third-order valence-corrected chi connectivity index (χ3v) is 8.55. The van der Waals surface area contributed by atoms with Crippen molar-refractivity contribution in [2.24, 2.45) is 0 Å². The van der Waals surface area contributed by atoms with Gasteiger partial charge in [-0.1, -0.05) is 39.8 Å². The second-order valence-electron chi connectivity index (χ2n) is 4.34. The molecule has 4 heteroatoms. The number of carbonyl (C=O) groups excluding carboxylic acids is 1. The summed E-state index contributed by atoms with van der Waals surface area (Å²) in [7, 11) is -0.584. The molecule has 0 radical (unpaired) electrons. The van der Waals surface area contributed by atoms with Crippen LogP contribution in [0.25, 0.3) is 0 Å². The SMILES string of the molecule is C=C(CCC[SiH3])C(=O)O[Si](CC)(CC)CC. The largest absolute Gasteiger partial charge is 0.516 e. The quantitative estimate of drug-likeness (QED) is 0.494. The Labute approximate surface area is 104 Å². The van der Waals surface area contributed by atoms with Crippen LogP contribution in [-0.4, -0.2) is 24.5 Å². The summed E-state index contributed by atoms with van der Waals surface area (Å²) in [5, 5.41) is 0. The highest BCUT2D eigenvalue weighted by Crippen LogP contribution is 2.23. The molecule has 0 aromatic rings. The molecule has 0 atom stereocenters. The third-order valence-electron chi connectivity index (χ3n) is 3.36. The van der Waals surface area contributed by atoms with Gasteiger partial charge in [0.25, 0.3) is 8.32 Å². The Hall–Kier alpha value is -0.356. The number of hydrogen-bond acceptors (Lipinski definition) is 2. The van der Waals surface area contributed by atoms with E-state index in [-0.39, 0.29) is 5.97 Å². The van der Waals surface area contributed by atoms with Crippen molar-refractivity contribution in [3.8, 4) is 0 Å². The van der Waals surface area contributed by atoms with Gasteiger partial charge in [0, 0.05) is 15.8 Å². The summed E-state index contributed by atoms with van der Waals surface area (Å²) in [4.78, 5) is 11.9. The van der Waals surface area contributed by atoms with Crippen LogP contribution in [0.15, 0.2) is 12.2 Å². The zero-order chi connectivity index (χ0) is 12.6. The van der Waals surface area contributed by atoms with E-state index in [1.54, 1.807) is 0 Å². The predicted octanol–water partition coefficient (Wildman–Crippen LogP) is 2.65. The Morgan fingerprint density at radius 3 is 2.12 bits per heavy atom. The van der Waals surface area contributed by atoms with Gasteiger partial charge in [0.15, 0.2) is 0 Å². The van der Waals surface area contributed by atoms with E-state index in [0.717, 1.165) is 31.0 Å². The van der Waals surface area contributed by atoms with Gasteiger partial charge in [0.1, 0.15) is 0 Å². The maximum Gasteiger partial charge on any atom is 0.320 e. The van der Waals surface area contributed by atoms with Gasteiger partial charge in [0.2, 0.25) is 0 Å². The van der Waals surface area contributed by atoms with Gasteiger partial charge in [0.05, 0.1) is 0 Å². The van der Waals surface area contributed by atoms with Crippen molar-refractivity contribution in [3.63, 3.8) is 0 Å². The molecule has 0 aromatic carbocycles. The van der Waals surface area contributed by atoms with Gasteiger partial charge in [-0.2, -0.15) is 0 Å². The maximum absolute atomic E-state index is 11.9. The Bertz CT molecular complexity index is 227. The maximum atomic E-state index is 11.9. The van der Waals surface area contributed by atoms with Crippen LogP contribution in [0.4, 0.5) is 0 Å². The van der Waals surface area contributed by atoms with Crippen LogP contribution < -0.4 is 0 Å². The highest BCUT2D eigenvalue weighted by Gasteiger charge is 2.33. The van der Waals surface area contributed by atoms with Gasteiger partial charge in [-0.25, -0.2) is 4.79 Å². The van der Waals surface area contributed by atoms with E-state index < -0.39 is 8.32 Å². The highest BCUT2D eigenvalue weighted by molar-refractivity contribution is 6.75. The number of rotatable bonds is 8. The van der Waals surface area contributed by atoms with Crippen LogP contribution in [0.5, 0.6) is 0 Å². The first kappa shape index (κ1) is 15.6. The Morgan fingerprint density at radius 1 is 1.25 bits per heavy atom. The fourth-order valence-corrected chi connectivity index (χ4v) is 4.55. The molecule has 0 saturated heterocycles. The second kappa shape index (κ2) is 7.84. The summed E-state index contributed by atoms with van der Waals surface area (Å²) >= 11 is 0. The summed E-state index contributed by atoms with van der Waals surface area (Å²) in [5.41, 5.74) is 0.670. The summed E-state index contributed by atoms with van der Waals surface area (Å²) in [6.45, 7) is 10.2. The fourth-order valence-electron chi connectivity index (χ4n) is 1.73. The minimum atomic E-state index is -1.78. The Kier molecular flexibility index (Phi) is 7.67. The molecule has 0 fully saturated rings. The molecule has 0 spiro atoms. The van der Waals surface area contributed by atoms with Crippen molar-refractivity contribution >= 4 is 24.5 Å². The van der Waals surface area contributed by atoms with E-state index >= 15 is 0 Å². The summed E-state index contributed by atoms with van der Waals surface area (Å²) in [6.07, 6.45) is 1.89. The van der Waals surface area contributed by atoms with Crippen molar-refractivity contribution in [3.05, 3.63) is 12.2 Å². The Morgan fingerprint density at radius 2 is 1.75 bits per heavy atom. The van der Waals surface area contributed by atoms with Crippen molar-refractivity contribution in [2.45, 2.75) is 57.8 Å². The van der Waals surface area contributed by atoms with Crippen LogP contribution in [0.3, 0.4) is 0 Å². The monoisotopic (exact) mass is 258 g/mol. The molecule has 16 heavy (non-hydrogen) atoms. The number of carbonyl (C=O) groups is 1. The molecule has 0 rings (SSSR count). The Balaban J connectivity index is 4.34. The first-order valence-electron chi connectivity index (χ1n) is 6.46. The second-order valence-corrected chi connectivity index (χ2v) is 10.0. The predicted molar refractivity (Wildman–Crippen MR) is 76.4 cm³/mol. The lowest BCUT2D eigenvalue weighted by molar-refractivity contribution is -0.131. The van der Waals surface area contributed by atoms with Gasteiger partial charge in [-0.3, -0.25) is 0 Å². The van der Waals surface area contributed by atoms with Crippen molar-refractivity contribution in [2.75, 3.05) is 0 Å².